The van der Waals surface area contributed by atoms with E-state index in [1.807, 2.05) is 24.4 Å². The van der Waals surface area contributed by atoms with Crippen LogP contribution in [0.4, 0.5) is 22.7 Å². The fraction of sp³-hybridized carbons (Fsp3) is 0.0690. The van der Waals surface area contributed by atoms with Crippen molar-refractivity contribution in [2.75, 3.05) is 9.80 Å². The number of ether oxygens (including phenoxy) is 1. The summed E-state index contributed by atoms with van der Waals surface area (Å²) in [4.78, 5) is 9.35. The predicted molar refractivity (Wildman–Crippen MR) is 272 cm³/mol. The number of aromatic nitrogens is 2. The van der Waals surface area contributed by atoms with Crippen molar-refractivity contribution in [2.45, 2.75) is 27.7 Å². The first-order valence-corrected chi connectivity index (χ1v) is 22.4. The Morgan fingerprint density at radius 2 is 1.12 bits per heavy atom. The molecule has 2 aromatic heterocycles. The van der Waals surface area contributed by atoms with Gasteiger partial charge in [0, 0.05) is 61.3 Å². The standard InChI is InChI=1S/C58H43B2N4O.Pt/c1-38-18-16-19-39(2)56(38)59-47-25-9-10-26-48(47)60(57-40(3)20-17-21-41(57)4)58-49(59)34-43(63-37-62(42-22-6-5-7-23-42)51-28-12-13-29-52(51)63)35-54(58)65-44-31-32-46-45-24-8-11-27-50(45)64(53(46)36-44)55-30-14-15-33-61-55;/h5-34,37H,1-4H3;/q-3;. The molecule has 8 heteroatoms. The zero-order valence-corrected chi connectivity index (χ0v) is 39.3. The van der Waals surface area contributed by atoms with Crippen LogP contribution in [-0.2, 0) is 21.1 Å². The van der Waals surface area contributed by atoms with E-state index in [1.54, 1.807) is 0 Å². The normalized spacial score (nSPS) is 12.8. The Morgan fingerprint density at radius 3 is 1.82 bits per heavy atom. The van der Waals surface area contributed by atoms with E-state index in [2.05, 4.69) is 219 Å². The van der Waals surface area contributed by atoms with Gasteiger partial charge in [0.25, 0.3) is 0 Å². The van der Waals surface area contributed by atoms with Gasteiger partial charge in [-0.25, -0.2) is 4.98 Å². The molecular formula is C58H43B2N4OPt-3. The molecule has 2 aliphatic heterocycles. The van der Waals surface area contributed by atoms with E-state index in [1.165, 1.54) is 49.6 Å². The van der Waals surface area contributed by atoms with Crippen LogP contribution in [0.15, 0.2) is 182 Å². The van der Waals surface area contributed by atoms with Crippen molar-refractivity contribution < 1.29 is 25.8 Å². The fourth-order valence-corrected chi connectivity index (χ4v) is 10.7. The van der Waals surface area contributed by atoms with Gasteiger partial charge in [-0.2, -0.15) is 17.6 Å². The predicted octanol–water partition coefficient (Wildman–Crippen LogP) is 9.56. The summed E-state index contributed by atoms with van der Waals surface area (Å²) in [5.74, 6) is 2.11. The van der Waals surface area contributed by atoms with Crippen molar-refractivity contribution >= 4 is 90.8 Å². The maximum absolute atomic E-state index is 7.46. The number of hydrogen-bond donors (Lipinski definition) is 0. The molecule has 0 atom stereocenters. The zero-order chi connectivity index (χ0) is 43.8. The fourth-order valence-electron chi connectivity index (χ4n) is 10.7. The van der Waals surface area contributed by atoms with Crippen LogP contribution >= 0.6 is 0 Å². The minimum atomic E-state index is -0.136. The van der Waals surface area contributed by atoms with Crippen LogP contribution in [0.3, 0.4) is 0 Å². The molecule has 5 nitrogen and oxygen atoms in total. The van der Waals surface area contributed by atoms with Crippen LogP contribution in [-0.4, -0.2) is 23.0 Å². The van der Waals surface area contributed by atoms with Crippen molar-refractivity contribution in [1.29, 1.82) is 0 Å². The number of para-hydroxylation sites is 4. The molecule has 12 rings (SSSR count). The third kappa shape index (κ3) is 6.71. The van der Waals surface area contributed by atoms with Gasteiger partial charge in [-0.05, 0) is 75.5 Å². The number of aryl methyl sites for hydroxylation is 4. The molecule has 0 aliphatic carbocycles. The van der Waals surface area contributed by atoms with Gasteiger partial charge in [0.05, 0.1) is 0 Å². The third-order valence-corrected chi connectivity index (χ3v) is 13.5. The summed E-state index contributed by atoms with van der Waals surface area (Å²) < 4.78 is 9.65. The molecule has 0 N–H and O–H groups in total. The Bertz CT molecular complexity index is 3440. The molecule has 4 heterocycles. The molecule has 0 saturated heterocycles. The molecule has 0 saturated carbocycles. The summed E-state index contributed by atoms with van der Waals surface area (Å²) >= 11 is 0. The summed E-state index contributed by atoms with van der Waals surface area (Å²) in [5.41, 5.74) is 18.6. The maximum atomic E-state index is 7.46. The van der Waals surface area contributed by atoms with Gasteiger partial charge in [0.15, 0.2) is 6.71 Å². The van der Waals surface area contributed by atoms with E-state index in [0.29, 0.717) is 11.5 Å². The number of anilines is 4. The van der Waals surface area contributed by atoms with Gasteiger partial charge in [-0.15, -0.1) is 41.4 Å². The molecule has 0 bridgehead atoms. The molecule has 0 amide bonds. The minimum absolute atomic E-state index is 0. The molecular weight excluding hydrogens is 985 g/mol. The average Bonchev–Trinajstić information content (AvgIpc) is 3.88. The number of nitrogens with zero attached hydrogens (tertiary/aromatic N) is 4. The molecule has 0 radical (unpaired) electrons. The Morgan fingerprint density at radius 1 is 0.515 bits per heavy atom. The van der Waals surface area contributed by atoms with Gasteiger partial charge in [0.2, 0.25) is 6.71 Å². The average molecular weight is 1030 g/mol. The second kappa shape index (κ2) is 16.7. The third-order valence-electron chi connectivity index (χ3n) is 13.5. The van der Waals surface area contributed by atoms with Crippen molar-refractivity contribution in [1.82, 2.24) is 9.55 Å². The van der Waals surface area contributed by atoms with Crippen LogP contribution in [0.5, 0.6) is 11.5 Å². The molecule has 2 aliphatic rings. The van der Waals surface area contributed by atoms with Crippen LogP contribution in [0.25, 0.3) is 27.6 Å². The quantitative estimate of drug-likeness (QED) is 0.118. The van der Waals surface area contributed by atoms with E-state index in [9.17, 15) is 0 Å². The van der Waals surface area contributed by atoms with Gasteiger partial charge in [0.1, 0.15) is 5.82 Å². The van der Waals surface area contributed by atoms with Gasteiger partial charge >= 0.3 is 0 Å². The second-order valence-electron chi connectivity index (χ2n) is 17.4. The maximum Gasteiger partial charge on any atom is 0.217 e. The summed E-state index contributed by atoms with van der Waals surface area (Å²) in [5, 5.41) is 2.22. The Labute approximate surface area is 401 Å². The Kier molecular flexibility index (Phi) is 10.6. The number of fused-ring (bicyclic) bond motifs is 6. The van der Waals surface area contributed by atoms with Crippen molar-refractivity contribution in [3.05, 3.63) is 223 Å². The first-order valence-electron chi connectivity index (χ1n) is 22.4. The van der Waals surface area contributed by atoms with Gasteiger partial charge < -0.3 is 19.1 Å². The number of pyridine rings is 1. The molecule has 0 fully saturated rings. The SMILES string of the molecule is Cc1cccc(C)c1B1c2ccccc2B(c2c(C)cccc2C)c2c(Oc3[c-]c4c(cc3)c3ccccc3n4-c3ccccn3)[c-]c(N3[CH-]N(c4ccccc4)c4ccccc43)cc21.[Pt]. The van der Waals surface area contributed by atoms with E-state index in [0.717, 1.165) is 55.8 Å². The van der Waals surface area contributed by atoms with Crippen molar-refractivity contribution in [3.8, 4) is 17.3 Å². The second-order valence-corrected chi connectivity index (χ2v) is 17.4. The van der Waals surface area contributed by atoms with E-state index in [-0.39, 0.29) is 34.5 Å². The van der Waals surface area contributed by atoms with E-state index >= 15 is 0 Å². The summed E-state index contributed by atoms with van der Waals surface area (Å²) in [6.07, 6.45) is 1.84. The summed E-state index contributed by atoms with van der Waals surface area (Å²) in [6, 6.07) is 70.4. The van der Waals surface area contributed by atoms with Crippen LogP contribution in [0.1, 0.15) is 22.3 Å². The molecule has 8 aromatic carbocycles. The van der Waals surface area contributed by atoms with Gasteiger partial charge in [-0.1, -0.05) is 165 Å². The minimum Gasteiger partial charge on any atom is -0.509 e. The molecule has 66 heavy (non-hydrogen) atoms. The monoisotopic (exact) mass is 1030 g/mol. The van der Waals surface area contributed by atoms with Crippen molar-refractivity contribution in [2.24, 2.45) is 0 Å². The Balaban J connectivity index is 0.00000481. The summed E-state index contributed by atoms with van der Waals surface area (Å²) in [6.45, 7) is 11.0. The first-order chi connectivity index (χ1) is 31.9. The molecule has 0 spiro atoms. The van der Waals surface area contributed by atoms with Gasteiger partial charge in [-0.3, -0.25) is 0 Å². The van der Waals surface area contributed by atoms with Crippen molar-refractivity contribution in [3.63, 3.8) is 0 Å². The van der Waals surface area contributed by atoms with Crippen LogP contribution < -0.4 is 47.3 Å². The Hall–Kier alpha value is -7.07. The number of benzene rings is 8. The van der Waals surface area contributed by atoms with E-state index in [4.69, 9.17) is 9.72 Å². The first kappa shape index (κ1) is 41.6. The molecule has 10 aromatic rings. The zero-order valence-electron chi connectivity index (χ0n) is 37.1. The van der Waals surface area contributed by atoms with Crippen LogP contribution in [0, 0.1) is 46.5 Å². The smallest absolute Gasteiger partial charge is 0.217 e. The van der Waals surface area contributed by atoms with Crippen LogP contribution in [0.2, 0.25) is 0 Å². The largest absolute Gasteiger partial charge is 0.509 e. The molecule has 320 valence electrons. The number of rotatable bonds is 7. The topological polar surface area (TPSA) is 33.5 Å². The van der Waals surface area contributed by atoms with E-state index < -0.39 is 0 Å². The molecule has 0 unspecified atom stereocenters. The summed E-state index contributed by atoms with van der Waals surface area (Å²) in [7, 11) is 0. The number of hydrogen-bond acceptors (Lipinski definition) is 4.